The lowest BCUT2D eigenvalue weighted by Crippen LogP contribution is -2.24. The number of benzene rings is 1. The Balaban J connectivity index is 2.05. The highest BCUT2D eigenvalue weighted by atomic mass is 16.5. The van der Waals surface area contributed by atoms with Crippen LogP contribution in [-0.4, -0.2) is 27.6 Å². The number of hydrogen-bond acceptors (Lipinski definition) is 5. The second-order valence-corrected chi connectivity index (χ2v) is 4.06. The van der Waals surface area contributed by atoms with Gasteiger partial charge >= 0.3 is 5.97 Å². The minimum absolute atomic E-state index is 0.296. The van der Waals surface area contributed by atoms with Gasteiger partial charge in [-0.15, -0.1) is 5.10 Å². The van der Waals surface area contributed by atoms with Crippen LogP contribution < -0.4 is 5.73 Å². The van der Waals surface area contributed by atoms with Crippen molar-refractivity contribution in [2.75, 3.05) is 6.61 Å². The Morgan fingerprint density at radius 1 is 1.42 bits per heavy atom. The monoisotopic (exact) mass is 260 g/mol. The van der Waals surface area contributed by atoms with Crippen LogP contribution in [0.4, 0.5) is 0 Å². The third-order valence-electron chi connectivity index (χ3n) is 2.60. The quantitative estimate of drug-likeness (QED) is 0.807. The number of nitrogens with zero attached hydrogens (tertiary/aromatic N) is 3. The summed E-state index contributed by atoms with van der Waals surface area (Å²) in [5, 5.41) is 7.86. The minimum Gasteiger partial charge on any atom is -0.465 e. The van der Waals surface area contributed by atoms with Gasteiger partial charge in [0.05, 0.1) is 19.3 Å². The summed E-state index contributed by atoms with van der Waals surface area (Å²) in [6, 6.07) is 8.96. The van der Waals surface area contributed by atoms with Crippen molar-refractivity contribution in [2.45, 2.75) is 19.5 Å². The van der Waals surface area contributed by atoms with Crippen molar-refractivity contribution in [3.05, 3.63) is 47.8 Å². The van der Waals surface area contributed by atoms with E-state index in [9.17, 15) is 4.79 Å². The molecule has 0 radical (unpaired) electrons. The molecule has 0 aliphatic carbocycles. The molecule has 0 aliphatic heterocycles. The fourth-order valence-electron chi connectivity index (χ4n) is 1.66. The normalized spacial score (nSPS) is 12.1. The van der Waals surface area contributed by atoms with Crippen LogP contribution >= 0.6 is 0 Å². The van der Waals surface area contributed by atoms with Crippen LogP contribution in [0.15, 0.2) is 36.5 Å². The molecule has 1 atom stereocenters. The zero-order valence-electron chi connectivity index (χ0n) is 10.7. The van der Waals surface area contributed by atoms with E-state index in [1.807, 2.05) is 30.3 Å². The van der Waals surface area contributed by atoms with E-state index in [0.717, 1.165) is 5.56 Å². The minimum atomic E-state index is -0.885. The van der Waals surface area contributed by atoms with Crippen LogP contribution in [0.1, 0.15) is 24.2 Å². The number of carbonyl (C=O) groups is 1. The maximum Gasteiger partial charge on any atom is 0.329 e. The molecule has 0 spiro atoms. The first-order valence-corrected chi connectivity index (χ1v) is 6.07. The average Bonchev–Trinajstić information content (AvgIpc) is 2.88. The summed E-state index contributed by atoms with van der Waals surface area (Å²) < 4.78 is 6.49. The molecule has 0 bridgehead atoms. The van der Waals surface area contributed by atoms with Gasteiger partial charge in [-0.05, 0) is 12.5 Å². The van der Waals surface area contributed by atoms with E-state index in [4.69, 9.17) is 10.5 Å². The van der Waals surface area contributed by atoms with Gasteiger partial charge in [-0.2, -0.15) is 0 Å². The second kappa shape index (κ2) is 6.10. The molecule has 2 rings (SSSR count). The zero-order chi connectivity index (χ0) is 13.7. The molecule has 0 amide bonds. The number of nitrogens with two attached hydrogens (primary N) is 1. The first-order chi connectivity index (χ1) is 9.20. The second-order valence-electron chi connectivity index (χ2n) is 4.06. The van der Waals surface area contributed by atoms with Gasteiger partial charge in [0.15, 0.2) is 0 Å². The summed E-state index contributed by atoms with van der Waals surface area (Å²) in [6.45, 7) is 2.62. The van der Waals surface area contributed by atoms with E-state index in [2.05, 4.69) is 10.3 Å². The molecular formula is C13H16N4O2. The van der Waals surface area contributed by atoms with Crippen molar-refractivity contribution in [3.8, 4) is 0 Å². The molecule has 1 heterocycles. The maximum atomic E-state index is 11.5. The summed E-state index contributed by atoms with van der Waals surface area (Å²) in [5.41, 5.74) is 7.25. The molecule has 100 valence electrons. The lowest BCUT2D eigenvalue weighted by molar-refractivity contribution is -0.144. The van der Waals surface area contributed by atoms with Gasteiger partial charge < -0.3 is 10.5 Å². The molecule has 2 aromatic rings. The molecular weight excluding hydrogens is 244 g/mol. The number of esters is 1. The summed E-state index contributed by atoms with van der Waals surface area (Å²) >= 11 is 0. The van der Waals surface area contributed by atoms with Crippen molar-refractivity contribution < 1.29 is 9.53 Å². The maximum absolute atomic E-state index is 11.5. The summed E-state index contributed by atoms with van der Waals surface area (Å²) in [5.74, 6) is -0.491. The average molecular weight is 260 g/mol. The number of hydrogen-bond donors (Lipinski definition) is 1. The van der Waals surface area contributed by atoms with Gasteiger partial charge in [0.1, 0.15) is 11.7 Å². The molecule has 6 nitrogen and oxygen atoms in total. The SMILES string of the molecule is CCOC(=O)C(N)c1cn(Cc2ccccc2)nn1. The Bertz CT molecular complexity index is 539. The summed E-state index contributed by atoms with van der Waals surface area (Å²) in [4.78, 5) is 11.5. The third kappa shape index (κ3) is 3.38. The smallest absolute Gasteiger partial charge is 0.329 e. The van der Waals surface area contributed by atoms with Crippen LogP contribution in [0.5, 0.6) is 0 Å². The van der Waals surface area contributed by atoms with E-state index >= 15 is 0 Å². The number of aromatic nitrogens is 3. The molecule has 0 aliphatic rings. The first kappa shape index (κ1) is 13.2. The molecule has 0 saturated heterocycles. The molecule has 1 unspecified atom stereocenters. The molecule has 19 heavy (non-hydrogen) atoms. The predicted octanol–water partition coefficient (Wildman–Crippen LogP) is 0.889. The van der Waals surface area contributed by atoms with Crippen LogP contribution in [0.3, 0.4) is 0 Å². The summed E-state index contributed by atoms with van der Waals surface area (Å²) in [7, 11) is 0. The first-order valence-electron chi connectivity index (χ1n) is 6.07. The fourth-order valence-corrected chi connectivity index (χ4v) is 1.66. The van der Waals surface area contributed by atoms with Gasteiger partial charge in [0.2, 0.25) is 0 Å². The predicted molar refractivity (Wildman–Crippen MR) is 69.1 cm³/mol. The molecule has 0 saturated carbocycles. The molecule has 0 fully saturated rings. The van der Waals surface area contributed by atoms with E-state index in [-0.39, 0.29) is 0 Å². The van der Waals surface area contributed by atoms with E-state index in [1.54, 1.807) is 17.8 Å². The van der Waals surface area contributed by atoms with Gasteiger partial charge in [0.25, 0.3) is 0 Å². The van der Waals surface area contributed by atoms with Crippen molar-refractivity contribution >= 4 is 5.97 Å². The van der Waals surface area contributed by atoms with E-state index in [0.29, 0.717) is 18.8 Å². The fraction of sp³-hybridized carbons (Fsp3) is 0.308. The lowest BCUT2D eigenvalue weighted by atomic mass is 10.2. The number of rotatable bonds is 5. The van der Waals surface area contributed by atoms with E-state index < -0.39 is 12.0 Å². The van der Waals surface area contributed by atoms with Gasteiger partial charge in [-0.1, -0.05) is 35.5 Å². The highest BCUT2D eigenvalue weighted by molar-refractivity contribution is 5.76. The van der Waals surface area contributed by atoms with Crippen LogP contribution in [0, 0.1) is 0 Å². The van der Waals surface area contributed by atoms with Gasteiger partial charge in [-0.3, -0.25) is 0 Å². The Kier molecular flexibility index (Phi) is 4.25. The third-order valence-corrected chi connectivity index (χ3v) is 2.60. The van der Waals surface area contributed by atoms with Gasteiger partial charge in [0, 0.05) is 0 Å². The highest BCUT2D eigenvalue weighted by Crippen LogP contribution is 2.09. The standard InChI is InChI=1S/C13H16N4O2/c1-2-19-13(18)12(14)11-9-17(16-15-11)8-10-6-4-3-5-7-10/h3-7,9,12H,2,8,14H2,1H3. The molecule has 1 aromatic heterocycles. The van der Waals surface area contributed by atoms with Crippen LogP contribution in [-0.2, 0) is 16.1 Å². The Morgan fingerprint density at radius 3 is 2.84 bits per heavy atom. The van der Waals surface area contributed by atoms with Crippen LogP contribution in [0.2, 0.25) is 0 Å². The number of ether oxygens (including phenoxy) is 1. The van der Waals surface area contributed by atoms with Crippen molar-refractivity contribution in [3.63, 3.8) is 0 Å². The van der Waals surface area contributed by atoms with Crippen molar-refractivity contribution in [1.82, 2.24) is 15.0 Å². The van der Waals surface area contributed by atoms with Crippen LogP contribution in [0.25, 0.3) is 0 Å². The largest absolute Gasteiger partial charge is 0.465 e. The molecule has 1 aromatic carbocycles. The lowest BCUT2D eigenvalue weighted by Gasteiger charge is -2.06. The molecule has 2 N–H and O–H groups in total. The zero-order valence-corrected chi connectivity index (χ0v) is 10.7. The van der Waals surface area contributed by atoms with Crippen molar-refractivity contribution in [2.24, 2.45) is 5.73 Å². The Labute approximate surface area is 111 Å². The van der Waals surface area contributed by atoms with Gasteiger partial charge in [-0.25, -0.2) is 9.48 Å². The number of carbonyl (C=O) groups excluding carboxylic acids is 1. The van der Waals surface area contributed by atoms with E-state index in [1.165, 1.54) is 0 Å². The topological polar surface area (TPSA) is 83.0 Å². The summed E-state index contributed by atoms with van der Waals surface area (Å²) in [6.07, 6.45) is 1.66. The highest BCUT2D eigenvalue weighted by Gasteiger charge is 2.20. The Hall–Kier alpha value is -2.21. The molecule has 6 heteroatoms. The van der Waals surface area contributed by atoms with Crippen molar-refractivity contribution in [1.29, 1.82) is 0 Å². The Morgan fingerprint density at radius 2 is 2.16 bits per heavy atom.